The highest BCUT2D eigenvalue weighted by Crippen LogP contribution is 2.21. The van der Waals surface area contributed by atoms with Gasteiger partial charge in [-0.1, -0.05) is 32.9 Å². The zero-order valence-corrected chi connectivity index (χ0v) is 12.7. The molecule has 1 aromatic carbocycles. The first-order chi connectivity index (χ1) is 9.17. The Morgan fingerprint density at radius 2 is 1.85 bits per heavy atom. The van der Waals surface area contributed by atoms with Crippen LogP contribution in [-0.4, -0.2) is 11.9 Å². The number of carbonyl (C=O) groups excluding carboxylic acids is 1. The van der Waals surface area contributed by atoms with E-state index in [0.29, 0.717) is 6.42 Å². The fraction of sp³-hybridized carbons (Fsp3) is 0.562. The molecule has 0 heterocycles. The number of nitrogens with one attached hydrogen (secondary N) is 1. The SMILES string of the molecule is CC(NC(=O)CC(N)CC(C)(C)C)c1ccc(F)cc1. The third kappa shape index (κ3) is 6.15. The van der Waals surface area contributed by atoms with E-state index in [-0.39, 0.29) is 29.2 Å². The van der Waals surface area contributed by atoms with Crippen molar-refractivity contribution in [1.29, 1.82) is 0 Å². The zero-order valence-electron chi connectivity index (χ0n) is 12.7. The summed E-state index contributed by atoms with van der Waals surface area (Å²) in [5.74, 6) is -0.349. The van der Waals surface area contributed by atoms with Crippen LogP contribution >= 0.6 is 0 Å². The van der Waals surface area contributed by atoms with Crippen LogP contribution in [0.2, 0.25) is 0 Å². The number of halogens is 1. The molecule has 1 rings (SSSR count). The lowest BCUT2D eigenvalue weighted by molar-refractivity contribution is -0.122. The minimum absolute atomic E-state index is 0.0708. The van der Waals surface area contributed by atoms with Crippen molar-refractivity contribution in [3.63, 3.8) is 0 Å². The standard InChI is InChI=1S/C16H25FN2O/c1-11(12-5-7-13(17)8-6-12)19-15(20)9-14(18)10-16(2,3)4/h5-8,11,14H,9-10,18H2,1-4H3,(H,19,20). The van der Waals surface area contributed by atoms with Gasteiger partial charge in [-0.25, -0.2) is 4.39 Å². The van der Waals surface area contributed by atoms with E-state index < -0.39 is 0 Å². The Labute approximate surface area is 120 Å². The Morgan fingerprint density at radius 3 is 2.35 bits per heavy atom. The molecular formula is C16H25FN2O. The second-order valence-corrected chi connectivity index (χ2v) is 6.57. The van der Waals surface area contributed by atoms with Gasteiger partial charge in [0.05, 0.1) is 6.04 Å². The predicted molar refractivity (Wildman–Crippen MR) is 79.6 cm³/mol. The molecule has 4 heteroatoms. The Morgan fingerprint density at radius 1 is 1.30 bits per heavy atom. The number of benzene rings is 1. The van der Waals surface area contributed by atoms with Gasteiger partial charge in [0.25, 0.3) is 0 Å². The number of amides is 1. The summed E-state index contributed by atoms with van der Waals surface area (Å²) in [4.78, 5) is 11.9. The van der Waals surface area contributed by atoms with Gasteiger partial charge in [-0.05, 0) is 36.5 Å². The predicted octanol–water partition coefficient (Wildman–Crippen LogP) is 3.16. The molecule has 0 aliphatic rings. The molecule has 0 bridgehead atoms. The van der Waals surface area contributed by atoms with Crippen molar-refractivity contribution < 1.29 is 9.18 Å². The quantitative estimate of drug-likeness (QED) is 0.870. The molecular weight excluding hydrogens is 255 g/mol. The fourth-order valence-corrected chi connectivity index (χ4v) is 2.23. The Balaban J connectivity index is 2.47. The average molecular weight is 280 g/mol. The smallest absolute Gasteiger partial charge is 0.222 e. The molecule has 2 unspecified atom stereocenters. The molecule has 3 nitrogen and oxygen atoms in total. The third-order valence-corrected chi connectivity index (χ3v) is 3.07. The summed E-state index contributed by atoms with van der Waals surface area (Å²) in [5.41, 5.74) is 6.98. The van der Waals surface area contributed by atoms with Crippen LogP contribution in [0.5, 0.6) is 0 Å². The number of hydrogen-bond donors (Lipinski definition) is 2. The maximum absolute atomic E-state index is 12.8. The van der Waals surface area contributed by atoms with Gasteiger partial charge < -0.3 is 11.1 Å². The highest BCUT2D eigenvalue weighted by molar-refractivity contribution is 5.77. The Hall–Kier alpha value is -1.42. The van der Waals surface area contributed by atoms with E-state index in [1.165, 1.54) is 12.1 Å². The largest absolute Gasteiger partial charge is 0.350 e. The van der Waals surface area contributed by atoms with Gasteiger partial charge in [0.1, 0.15) is 5.82 Å². The van der Waals surface area contributed by atoms with Gasteiger partial charge in [0.2, 0.25) is 5.91 Å². The molecule has 0 saturated carbocycles. The first kappa shape index (κ1) is 16.6. The first-order valence-corrected chi connectivity index (χ1v) is 6.98. The van der Waals surface area contributed by atoms with Gasteiger partial charge in [-0.15, -0.1) is 0 Å². The highest BCUT2D eigenvalue weighted by Gasteiger charge is 2.19. The molecule has 1 amide bonds. The minimum atomic E-state index is -0.278. The van der Waals surface area contributed by atoms with Crippen LogP contribution in [0.25, 0.3) is 0 Å². The van der Waals surface area contributed by atoms with E-state index >= 15 is 0 Å². The zero-order chi connectivity index (χ0) is 15.3. The lowest BCUT2D eigenvalue weighted by Gasteiger charge is -2.23. The van der Waals surface area contributed by atoms with E-state index in [4.69, 9.17) is 5.73 Å². The Kier molecular flexibility index (Phi) is 5.69. The van der Waals surface area contributed by atoms with Crippen LogP contribution in [0.1, 0.15) is 52.1 Å². The van der Waals surface area contributed by atoms with Crippen molar-refractivity contribution in [2.45, 2.75) is 52.6 Å². The molecule has 3 N–H and O–H groups in total. The van der Waals surface area contributed by atoms with Crippen LogP contribution < -0.4 is 11.1 Å². The molecule has 0 aromatic heterocycles. The Bertz CT molecular complexity index is 437. The maximum atomic E-state index is 12.8. The van der Waals surface area contributed by atoms with Crippen molar-refractivity contribution in [2.24, 2.45) is 11.1 Å². The summed E-state index contributed by atoms with van der Waals surface area (Å²) in [7, 11) is 0. The van der Waals surface area contributed by atoms with E-state index in [1.54, 1.807) is 12.1 Å². The number of rotatable bonds is 5. The van der Waals surface area contributed by atoms with Gasteiger partial charge in [0.15, 0.2) is 0 Å². The van der Waals surface area contributed by atoms with Gasteiger partial charge in [0, 0.05) is 12.5 Å². The molecule has 0 radical (unpaired) electrons. The summed E-state index contributed by atoms with van der Waals surface area (Å²) in [6.45, 7) is 8.18. The minimum Gasteiger partial charge on any atom is -0.350 e. The van der Waals surface area contributed by atoms with Crippen molar-refractivity contribution in [1.82, 2.24) is 5.32 Å². The summed E-state index contributed by atoms with van der Waals surface area (Å²) in [6, 6.07) is 5.84. The summed E-state index contributed by atoms with van der Waals surface area (Å²) < 4.78 is 12.8. The average Bonchev–Trinajstić information content (AvgIpc) is 2.26. The van der Waals surface area contributed by atoms with Crippen molar-refractivity contribution in [3.05, 3.63) is 35.6 Å². The van der Waals surface area contributed by atoms with Gasteiger partial charge in [-0.2, -0.15) is 0 Å². The van der Waals surface area contributed by atoms with Gasteiger partial charge in [-0.3, -0.25) is 4.79 Å². The second kappa shape index (κ2) is 6.84. The molecule has 2 atom stereocenters. The van der Waals surface area contributed by atoms with Crippen molar-refractivity contribution >= 4 is 5.91 Å². The van der Waals surface area contributed by atoms with E-state index in [1.807, 2.05) is 6.92 Å². The fourth-order valence-electron chi connectivity index (χ4n) is 2.23. The topological polar surface area (TPSA) is 55.1 Å². The normalized spacial score (nSPS) is 14.7. The van der Waals surface area contributed by atoms with E-state index in [9.17, 15) is 9.18 Å². The van der Waals surface area contributed by atoms with Crippen LogP contribution in [0, 0.1) is 11.2 Å². The number of carbonyl (C=O) groups is 1. The molecule has 112 valence electrons. The van der Waals surface area contributed by atoms with E-state index in [2.05, 4.69) is 26.1 Å². The summed E-state index contributed by atoms with van der Waals surface area (Å²) in [5, 5.41) is 2.89. The van der Waals surface area contributed by atoms with Gasteiger partial charge >= 0.3 is 0 Å². The van der Waals surface area contributed by atoms with Crippen LogP contribution in [0.3, 0.4) is 0 Å². The molecule has 0 aliphatic heterocycles. The molecule has 0 fully saturated rings. The second-order valence-electron chi connectivity index (χ2n) is 6.57. The van der Waals surface area contributed by atoms with Crippen molar-refractivity contribution in [2.75, 3.05) is 0 Å². The van der Waals surface area contributed by atoms with Crippen LogP contribution in [0.4, 0.5) is 4.39 Å². The summed E-state index contributed by atoms with van der Waals surface area (Å²) >= 11 is 0. The van der Waals surface area contributed by atoms with Crippen LogP contribution in [0.15, 0.2) is 24.3 Å². The summed E-state index contributed by atoms with van der Waals surface area (Å²) in [6.07, 6.45) is 1.11. The molecule has 0 spiro atoms. The monoisotopic (exact) mass is 280 g/mol. The first-order valence-electron chi connectivity index (χ1n) is 6.98. The van der Waals surface area contributed by atoms with E-state index in [0.717, 1.165) is 12.0 Å². The molecule has 1 aromatic rings. The lowest BCUT2D eigenvalue weighted by Crippen LogP contribution is -2.35. The molecule has 0 saturated heterocycles. The highest BCUT2D eigenvalue weighted by atomic mass is 19.1. The molecule has 0 aliphatic carbocycles. The number of hydrogen-bond acceptors (Lipinski definition) is 2. The maximum Gasteiger partial charge on any atom is 0.222 e. The molecule has 20 heavy (non-hydrogen) atoms. The lowest BCUT2D eigenvalue weighted by atomic mass is 9.87. The van der Waals surface area contributed by atoms with Crippen LogP contribution in [-0.2, 0) is 4.79 Å². The number of nitrogens with two attached hydrogens (primary N) is 1. The third-order valence-electron chi connectivity index (χ3n) is 3.07. The van der Waals surface area contributed by atoms with Crippen molar-refractivity contribution in [3.8, 4) is 0 Å².